The highest BCUT2D eigenvalue weighted by Crippen LogP contribution is 2.22. The molecular formula is C13H18ClNO2. The van der Waals surface area contributed by atoms with Crippen LogP contribution in [0.1, 0.15) is 48.4 Å². The van der Waals surface area contributed by atoms with E-state index in [0.29, 0.717) is 23.3 Å². The molecule has 1 N–H and O–H groups in total. The van der Waals surface area contributed by atoms with Crippen LogP contribution in [0.5, 0.6) is 0 Å². The first-order valence-electron chi connectivity index (χ1n) is 6.22. The van der Waals surface area contributed by atoms with Crippen LogP contribution in [-0.4, -0.2) is 12.5 Å². The molecular weight excluding hydrogens is 238 g/mol. The molecule has 2 rings (SSSR count). The van der Waals surface area contributed by atoms with Crippen molar-refractivity contribution in [2.75, 3.05) is 6.54 Å². The molecule has 3 nitrogen and oxygen atoms in total. The lowest BCUT2D eigenvalue weighted by atomic mass is 9.89. The molecule has 1 fully saturated rings. The number of carbonyl (C=O) groups excluding carboxylic acids is 1. The van der Waals surface area contributed by atoms with Gasteiger partial charge in [0.2, 0.25) is 0 Å². The van der Waals surface area contributed by atoms with Crippen molar-refractivity contribution in [1.82, 2.24) is 5.32 Å². The van der Waals surface area contributed by atoms with Gasteiger partial charge in [-0.25, -0.2) is 0 Å². The Kier molecular flexibility index (Phi) is 4.49. The Morgan fingerprint density at radius 3 is 2.76 bits per heavy atom. The summed E-state index contributed by atoms with van der Waals surface area (Å²) in [5.74, 6) is 1.80. The lowest BCUT2D eigenvalue weighted by Crippen LogP contribution is -2.29. The summed E-state index contributed by atoms with van der Waals surface area (Å²) in [5.41, 5.74) is 0. The molecule has 4 heteroatoms. The van der Waals surface area contributed by atoms with Crippen LogP contribution in [0.15, 0.2) is 16.5 Å². The van der Waals surface area contributed by atoms with Crippen molar-refractivity contribution in [3.05, 3.63) is 23.7 Å². The average Bonchev–Trinajstić information content (AvgIpc) is 2.86. The van der Waals surface area contributed by atoms with E-state index in [0.717, 1.165) is 6.54 Å². The van der Waals surface area contributed by atoms with Gasteiger partial charge >= 0.3 is 0 Å². The molecule has 1 aromatic heterocycles. The van der Waals surface area contributed by atoms with Gasteiger partial charge in [0.25, 0.3) is 5.91 Å². The van der Waals surface area contributed by atoms with Gasteiger partial charge in [-0.3, -0.25) is 4.79 Å². The standard InChI is InChI=1S/C13H18ClNO2/c14-8-11-6-7-12(17-11)13(16)15-9-10-4-2-1-3-5-10/h6-7,10H,1-5,8-9H2,(H,15,16). The SMILES string of the molecule is O=C(NCC1CCCCC1)c1ccc(CCl)o1. The predicted octanol–water partition coefficient (Wildman–Crippen LogP) is 3.33. The van der Waals surface area contributed by atoms with E-state index in [4.69, 9.17) is 16.0 Å². The fourth-order valence-corrected chi connectivity index (χ4v) is 2.43. The molecule has 1 amide bonds. The summed E-state index contributed by atoms with van der Waals surface area (Å²) >= 11 is 5.62. The van der Waals surface area contributed by atoms with Crippen molar-refractivity contribution in [2.24, 2.45) is 5.92 Å². The summed E-state index contributed by atoms with van der Waals surface area (Å²) in [4.78, 5) is 11.8. The van der Waals surface area contributed by atoms with E-state index in [1.165, 1.54) is 32.1 Å². The third kappa shape index (κ3) is 3.50. The minimum atomic E-state index is -0.132. The maximum atomic E-state index is 11.8. The average molecular weight is 256 g/mol. The minimum Gasteiger partial charge on any atom is -0.455 e. The van der Waals surface area contributed by atoms with Gasteiger partial charge in [-0.1, -0.05) is 19.3 Å². The van der Waals surface area contributed by atoms with E-state index in [9.17, 15) is 4.79 Å². The third-order valence-electron chi connectivity index (χ3n) is 3.29. The van der Waals surface area contributed by atoms with Gasteiger partial charge in [0, 0.05) is 6.54 Å². The summed E-state index contributed by atoms with van der Waals surface area (Å²) in [5, 5.41) is 2.93. The Labute approximate surface area is 107 Å². The third-order valence-corrected chi connectivity index (χ3v) is 3.56. The molecule has 1 aromatic rings. The number of halogens is 1. The zero-order chi connectivity index (χ0) is 12.1. The van der Waals surface area contributed by atoms with Crippen LogP contribution in [0.4, 0.5) is 0 Å². The summed E-state index contributed by atoms with van der Waals surface area (Å²) in [7, 11) is 0. The van der Waals surface area contributed by atoms with Crippen molar-refractivity contribution >= 4 is 17.5 Å². The highest BCUT2D eigenvalue weighted by atomic mass is 35.5. The minimum absolute atomic E-state index is 0.132. The van der Waals surface area contributed by atoms with Gasteiger partial charge in [0.1, 0.15) is 5.76 Å². The van der Waals surface area contributed by atoms with Gasteiger partial charge in [-0.2, -0.15) is 0 Å². The first-order chi connectivity index (χ1) is 8.29. The number of hydrogen-bond donors (Lipinski definition) is 1. The Morgan fingerprint density at radius 1 is 1.35 bits per heavy atom. The Balaban J connectivity index is 1.80. The van der Waals surface area contributed by atoms with Crippen LogP contribution in [0.2, 0.25) is 0 Å². The molecule has 0 radical (unpaired) electrons. The van der Waals surface area contributed by atoms with Crippen LogP contribution < -0.4 is 5.32 Å². The summed E-state index contributed by atoms with van der Waals surface area (Å²) in [6, 6.07) is 3.41. The van der Waals surface area contributed by atoms with Gasteiger partial charge in [0.05, 0.1) is 5.88 Å². The predicted molar refractivity (Wildman–Crippen MR) is 67.2 cm³/mol. The molecule has 0 aliphatic heterocycles. The molecule has 0 aromatic carbocycles. The molecule has 1 aliphatic rings. The van der Waals surface area contributed by atoms with E-state index < -0.39 is 0 Å². The first-order valence-corrected chi connectivity index (χ1v) is 6.76. The normalized spacial score (nSPS) is 17.0. The number of carbonyl (C=O) groups is 1. The molecule has 0 atom stereocenters. The van der Waals surface area contributed by atoms with Crippen LogP contribution in [-0.2, 0) is 5.88 Å². The molecule has 1 aliphatic carbocycles. The highest BCUT2D eigenvalue weighted by molar-refractivity contribution is 6.16. The number of alkyl halides is 1. The second-order valence-electron chi connectivity index (χ2n) is 4.61. The van der Waals surface area contributed by atoms with Crippen molar-refractivity contribution in [2.45, 2.75) is 38.0 Å². The van der Waals surface area contributed by atoms with Crippen LogP contribution in [0.25, 0.3) is 0 Å². The molecule has 0 unspecified atom stereocenters. The summed E-state index contributed by atoms with van der Waals surface area (Å²) < 4.78 is 5.29. The summed E-state index contributed by atoms with van der Waals surface area (Å²) in [6.07, 6.45) is 6.37. The first kappa shape index (κ1) is 12.5. The smallest absolute Gasteiger partial charge is 0.287 e. The van der Waals surface area contributed by atoms with Crippen molar-refractivity contribution in [3.63, 3.8) is 0 Å². The van der Waals surface area contributed by atoms with E-state index >= 15 is 0 Å². The molecule has 94 valence electrons. The van der Waals surface area contributed by atoms with E-state index in [1.54, 1.807) is 12.1 Å². The molecule has 17 heavy (non-hydrogen) atoms. The number of rotatable bonds is 4. The van der Waals surface area contributed by atoms with Gasteiger partial charge in [-0.05, 0) is 30.9 Å². The molecule has 0 spiro atoms. The van der Waals surface area contributed by atoms with Crippen molar-refractivity contribution in [1.29, 1.82) is 0 Å². The maximum Gasteiger partial charge on any atom is 0.287 e. The van der Waals surface area contributed by atoms with Crippen molar-refractivity contribution in [3.8, 4) is 0 Å². The monoisotopic (exact) mass is 255 g/mol. The lowest BCUT2D eigenvalue weighted by molar-refractivity contribution is 0.0914. The van der Waals surface area contributed by atoms with Crippen LogP contribution >= 0.6 is 11.6 Å². The van der Waals surface area contributed by atoms with Crippen LogP contribution in [0, 0.1) is 5.92 Å². The fraction of sp³-hybridized carbons (Fsp3) is 0.615. The van der Waals surface area contributed by atoms with Crippen molar-refractivity contribution < 1.29 is 9.21 Å². The number of nitrogens with one attached hydrogen (secondary N) is 1. The Hall–Kier alpha value is -0.960. The topological polar surface area (TPSA) is 42.2 Å². The van der Waals surface area contributed by atoms with Gasteiger partial charge < -0.3 is 9.73 Å². The number of amides is 1. The zero-order valence-corrected chi connectivity index (χ0v) is 10.6. The molecule has 1 saturated carbocycles. The van der Waals surface area contributed by atoms with E-state index in [-0.39, 0.29) is 5.91 Å². The van der Waals surface area contributed by atoms with E-state index in [1.807, 2.05) is 0 Å². The van der Waals surface area contributed by atoms with Crippen LogP contribution in [0.3, 0.4) is 0 Å². The number of hydrogen-bond acceptors (Lipinski definition) is 2. The molecule has 0 saturated heterocycles. The largest absolute Gasteiger partial charge is 0.455 e. The second kappa shape index (κ2) is 6.10. The maximum absolute atomic E-state index is 11.8. The highest BCUT2D eigenvalue weighted by Gasteiger charge is 2.16. The fourth-order valence-electron chi connectivity index (χ4n) is 2.29. The van der Waals surface area contributed by atoms with Gasteiger partial charge in [-0.15, -0.1) is 11.6 Å². The Bertz CT molecular complexity index is 369. The van der Waals surface area contributed by atoms with E-state index in [2.05, 4.69) is 5.32 Å². The molecule has 1 heterocycles. The zero-order valence-electron chi connectivity index (χ0n) is 9.88. The molecule has 0 bridgehead atoms. The number of furan rings is 1. The van der Waals surface area contributed by atoms with Gasteiger partial charge in [0.15, 0.2) is 5.76 Å². The lowest BCUT2D eigenvalue weighted by Gasteiger charge is -2.21. The quantitative estimate of drug-likeness (QED) is 0.839. The second-order valence-corrected chi connectivity index (χ2v) is 4.88. The Morgan fingerprint density at radius 2 is 2.12 bits per heavy atom. The summed E-state index contributed by atoms with van der Waals surface area (Å²) in [6.45, 7) is 0.760.